The smallest absolute Gasteiger partial charge is 0.338 e. The highest BCUT2D eigenvalue weighted by Crippen LogP contribution is 2.22. The molecule has 0 bridgehead atoms. The first-order valence-electron chi connectivity index (χ1n) is 10.8. The van der Waals surface area contributed by atoms with Crippen LogP contribution in [0.2, 0.25) is 0 Å². The molecule has 2 aliphatic heterocycles. The van der Waals surface area contributed by atoms with Crippen molar-refractivity contribution in [2.45, 2.75) is 50.8 Å². The number of likely N-dealkylation sites (tertiary alicyclic amines) is 1. The number of rotatable bonds is 5. The van der Waals surface area contributed by atoms with Crippen molar-refractivity contribution < 1.29 is 22.7 Å². The third-order valence-corrected chi connectivity index (χ3v) is 7.75. The molecule has 0 unspecified atom stereocenters. The van der Waals surface area contributed by atoms with Crippen LogP contribution in [-0.2, 0) is 19.6 Å². The Kier molecular flexibility index (Phi) is 7.52. The minimum absolute atomic E-state index is 0.174. The summed E-state index contributed by atoms with van der Waals surface area (Å²) in [5, 5.41) is 0. The zero-order valence-corrected chi connectivity index (χ0v) is 18.7. The van der Waals surface area contributed by atoms with E-state index in [4.69, 9.17) is 4.74 Å². The SMILES string of the molecule is C[C@H]1C[C@H](C)CN(C(=O)COC(=O)c2ccc(S(=O)(=O)N3CCCCCC3)cc2)C1. The first kappa shape index (κ1) is 22.7. The van der Waals surface area contributed by atoms with Gasteiger partial charge in [-0.05, 0) is 55.4 Å². The summed E-state index contributed by atoms with van der Waals surface area (Å²) in [5.41, 5.74) is 0.234. The molecule has 7 nitrogen and oxygen atoms in total. The van der Waals surface area contributed by atoms with Crippen molar-refractivity contribution in [3.05, 3.63) is 29.8 Å². The van der Waals surface area contributed by atoms with Crippen molar-refractivity contribution in [3.8, 4) is 0 Å². The van der Waals surface area contributed by atoms with Crippen molar-refractivity contribution in [2.75, 3.05) is 32.8 Å². The highest BCUT2D eigenvalue weighted by atomic mass is 32.2. The first-order chi connectivity index (χ1) is 14.3. The van der Waals surface area contributed by atoms with E-state index >= 15 is 0 Å². The van der Waals surface area contributed by atoms with Crippen LogP contribution in [0.3, 0.4) is 0 Å². The van der Waals surface area contributed by atoms with E-state index in [0.717, 1.165) is 32.1 Å². The molecule has 2 atom stereocenters. The lowest BCUT2D eigenvalue weighted by atomic mass is 9.92. The summed E-state index contributed by atoms with van der Waals surface area (Å²) >= 11 is 0. The van der Waals surface area contributed by atoms with E-state index in [-0.39, 0.29) is 23.0 Å². The molecular formula is C22H32N2O5S. The molecule has 2 aliphatic rings. The van der Waals surface area contributed by atoms with Crippen LogP contribution >= 0.6 is 0 Å². The molecule has 8 heteroatoms. The van der Waals surface area contributed by atoms with Gasteiger partial charge < -0.3 is 9.64 Å². The van der Waals surface area contributed by atoms with Crippen LogP contribution in [0.4, 0.5) is 0 Å². The largest absolute Gasteiger partial charge is 0.452 e. The van der Waals surface area contributed by atoms with E-state index in [1.807, 2.05) is 0 Å². The Morgan fingerprint density at radius 1 is 0.967 bits per heavy atom. The molecule has 0 aliphatic carbocycles. The molecule has 1 amide bonds. The number of piperidine rings is 1. The van der Waals surface area contributed by atoms with Crippen LogP contribution in [-0.4, -0.2) is 62.3 Å². The van der Waals surface area contributed by atoms with Crippen LogP contribution in [0.15, 0.2) is 29.2 Å². The van der Waals surface area contributed by atoms with Crippen molar-refractivity contribution in [2.24, 2.45) is 11.8 Å². The lowest BCUT2D eigenvalue weighted by Gasteiger charge is -2.34. The minimum Gasteiger partial charge on any atom is -0.452 e. The lowest BCUT2D eigenvalue weighted by molar-refractivity contribution is -0.137. The Balaban J connectivity index is 1.57. The summed E-state index contributed by atoms with van der Waals surface area (Å²) in [5.74, 6) is 0.0569. The number of esters is 1. The van der Waals surface area contributed by atoms with Gasteiger partial charge in [0.25, 0.3) is 5.91 Å². The summed E-state index contributed by atoms with van der Waals surface area (Å²) in [6.45, 7) is 6.36. The number of benzene rings is 1. The molecule has 0 aromatic heterocycles. The van der Waals surface area contributed by atoms with E-state index in [1.165, 1.54) is 28.6 Å². The van der Waals surface area contributed by atoms with Crippen molar-refractivity contribution >= 4 is 21.9 Å². The van der Waals surface area contributed by atoms with Crippen LogP contribution in [0.5, 0.6) is 0 Å². The van der Waals surface area contributed by atoms with Gasteiger partial charge in [0.15, 0.2) is 6.61 Å². The molecule has 166 valence electrons. The average molecular weight is 437 g/mol. The Bertz CT molecular complexity index is 835. The van der Waals surface area contributed by atoms with Gasteiger partial charge in [0, 0.05) is 26.2 Å². The second-order valence-electron chi connectivity index (χ2n) is 8.66. The van der Waals surface area contributed by atoms with E-state index in [0.29, 0.717) is 38.0 Å². The molecule has 2 saturated heterocycles. The number of carbonyl (C=O) groups is 2. The highest BCUT2D eigenvalue weighted by molar-refractivity contribution is 7.89. The third-order valence-electron chi connectivity index (χ3n) is 5.84. The minimum atomic E-state index is -3.56. The maximum absolute atomic E-state index is 12.8. The summed E-state index contributed by atoms with van der Waals surface area (Å²) in [6, 6.07) is 5.77. The van der Waals surface area contributed by atoms with Gasteiger partial charge >= 0.3 is 5.97 Å². The van der Waals surface area contributed by atoms with Crippen molar-refractivity contribution in [1.82, 2.24) is 9.21 Å². The van der Waals surface area contributed by atoms with Crippen LogP contribution in [0.25, 0.3) is 0 Å². The monoisotopic (exact) mass is 436 g/mol. The molecule has 0 N–H and O–H groups in total. The predicted octanol–water partition coefficient (Wildman–Crippen LogP) is 2.91. The standard InChI is InChI=1S/C22H32N2O5S/c1-17-13-18(2)15-23(14-17)21(25)16-29-22(26)19-7-9-20(10-8-19)30(27,28)24-11-5-3-4-6-12-24/h7-10,17-18H,3-6,11-16H2,1-2H3/t17-,18-/m0/s1. The predicted molar refractivity (Wildman–Crippen MR) is 113 cm³/mol. The van der Waals surface area contributed by atoms with Gasteiger partial charge in [0.05, 0.1) is 10.5 Å². The fourth-order valence-electron chi connectivity index (χ4n) is 4.36. The average Bonchev–Trinajstić information content (AvgIpc) is 3.01. The molecule has 2 fully saturated rings. The number of hydrogen-bond acceptors (Lipinski definition) is 5. The number of hydrogen-bond donors (Lipinski definition) is 0. The maximum atomic E-state index is 12.8. The summed E-state index contributed by atoms with van der Waals surface area (Å²) in [7, 11) is -3.56. The topological polar surface area (TPSA) is 84.0 Å². The zero-order valence-electron chi connectivity index (χ0n) is 17.9. The van der Waals surface area contributed by atoms with Gasteiger partial charge in [-0.3, -0.25) is 4.79 Å². The van der Waals surface area contributed by atoms with Gasteiger partial charge in [0.2, 0.25) is 10.0 Å². The quantitative estimate of drug-likeness (QED) is 0.663. The van der Waals surface area contributed by atoms with Gasteiger partial charge in [-0.25, -0.2) is 13.2 Å². The van der Waals surface area contributed by atoms with Crippen LogP contribution < -0.4 is 0 Å². The van der Waals surface area contributed by atoms with E-state index in [2.05, 4.69) is 13.8 Å². The van der Waals surface area contributed by atoms with Gasteiger partial charge in [0.1, 0.15) is 0 Å². The fraction of sp³-hybridized carbons (Fsp3) is 0.636. The first-order valence-corrected chi connectivity index (χ1v) is 12.3. The Labute approximate surface area is 179 Å². The van der Waals surface area contributed by atoms with Crippen LogP contribution in [0.1, 0.15) is 56.3 Å². The molecule has 0 radical (unpaired) electrons. The molecule has 0 saturated carbocycles. The van der Waals surface area contributed by atoms with E-state index in [1.54, 1.807) is 4.90 Å². The number of amides is 1. The third kappa shape index (κ3) is 5.60. The molecule has 1 aromatic carbocycles. The van der Waals surface area contributed by atoms with Crippen molar-refractivity contribution in [1.29, 1.82) is 0 Å². The number of ether oxygens (including phenoxy) is 1. The van der Waals surface area contributed by atoms with Gasteiger partial charge in [-0.2, -0.15) is 4.31 Å². The van der Waals surface area contributed by atoms with Gasteiger partial charge in [-0.1, -0.05) is 26.7 Å². The maximum Gasteiger partial charge on any atom is 0.338 e. The van der Waals surface area contributed by atoms with E-state index < -0.39 is 16.0 Å². The highest BCUT2D eigenvalue weighted by Gasteiger charge is 2.27. The Hall–Kier alpha value is -1.93. The van der Waals surface area contributed by atoms with Crippen molar-refractivity contribution in [3.63, 3.8) is 0 Å². The number of carbonyl (C=O) groups excluding carboxylic acids is 2. The molecule has 30 heavy (non-hydrogen) atoms. The normalized spacial score (nSPS) is 23.6. The fourth-order valence-corrected chi connectivity index (χ4v) is 5.88. The Morgan fingerprint density at radius 2 is 1.53 bits per heavy atom. The van der Waals surface area contributed by atoms with Gasteiger partial charge in [-0.15, -0.1) is 0 Å². The molecule has 3 rings (SSSR count). The zero-order chi connectivity index (χ0) is 21.7. The summed E-state index contributed by atoms with van der Waals surface area (Å²) in [6.07, 6.45) is 4.92. The second-order valence-corrected chi connectivity index (χ2v) is 10.6. The summed E-state index contributed by atoms with van der Waals surface area (Å²) < 4.78 is 32.3. The van der Waals surface area contributed by atoms with E-state index in [9.17, 15) is 18.0 Å². The number of nitrogens with zero attached hydrogens (tertiary/aromatic N) is 2. The lowest BCUT2D eigenvalue weighted by Crippen LogP contribution is -2.44. The molecule has 0 spiro atoms. The molecular weight excluding hydrogens is 404 g/mol. The second kappa shape index (κ2) is 9.92. The number of sulfonamides is 1. The van der Waals surface area contributed by atoms with Crippen LogP contribution in [0, 0.1) is 11.8 Å². The molecule has 2 heterocycles. The Morgan fingerprint density at radius 3 is 2.10 bits per heavy atom. The summed E-state index contributed by atoms with van der Waals surface area (Å²) in [4.78, 5) is 26.6. The molecule has 1 aromatic rings.